The minimum absolute atomic E-state index is 0.172. The molecule has 0 spiro atoms. The number of hydrogen-bond acceptors (Lipinski definition) is 4. The highest BCUT2D eigenvalue weighted by molar-refractivity contribution is 9.10. The Hall–Kier alpha value is -3.94. The highest BCUT2D eigenvalue weighted by atomic mass is 79.9. The molecule has 184 valence electrons. The largest absolute Gasteiger partial charge is 0.488 e. The Kier molecular flexibility index (Phi) is 6.82. The number of urea groups is 1. The summed E-state index contributed by atoms with van der Waals surface area (Å²) >= 11 is 9.38. The summed E-state index contributed by atoms with van der Waals surface area (Å²) in [6.45, 7) is 2.04. The lowest BCUT2D eigenvalue weighted by Crippen LogP contribution is -2.54. The number of aryl methyl sites for hydroxylation is 1. The lowest BCUT2D eigenvalue weighted by atomic mass is 9.99. The molecule has 37 heavy (non-hydrogen) atoms. The summed E-state index contributed by atoms with van der Waals surface area (Å²) in [5.74, 6) is -0.988. The maximum absolute atomic E-state index is 13.6. The molecule has 6 nitrogen and oxygen atoms in total. The Morgan fingerprint density at radius 3 is 2.49 bits per heavy atom. The molecule has 4 aromatic rings. The zero-order valence-electron chi connectivity index (χ0n) is 19.6. The first-order chi connectivity index (χ1) is 17.8. The second-order valence-corrected chi connectivity index (χ2v) is 9.85. The number of barbiturate groups is 1. The first kappa shape index (κ1) is 24.7. The van der Waals surface area contributed by atoms with Crippen LogP contribution in [0.15, 0.2) is 88.9 Å². The second-order valence-electron chi connectivity index (χ2n) is 8.50. The number of halogens is 2. The van der Waals surface area contributed by atoms with Gasteiger partial charge in [0.25, 0.3) is 11.8 Å². The first-order valence-corrected chi connectivity index (χ1v) is 12.6. The van der Waals surface area contributed by atoms with E-state index in [4.69, 9.17) is 16.3 Å². The highest BCUT2D eigenvalue weighted by Crippen LogP contribution is 2.33. The summed E-state index contributed by atoms with van der Waals surface area (Å²) in [6.07, 6.45) is 1.49. The van der Waals surface area contributed by atoms with E-state index in [0.717, 1.165) is 25.7 Å². The summed E-state index contributed by atoms with van der Waals surface area (Å²) in [5.41, 5.74) is 2.39. The van der Waals surface area contributed by atoms with Crippen molar-refractivity contribution in [3.63, 3.8) is 0 Å². The van der Waals surface area contributed by atoms with E-state index in [9.17, 15) is 14.4 Å². The highest BCUT2D eigenvalue weighted by Gasteiger charge is 2.37. The predicted molar refractivity (Wildman–Crippen MR) is 148 cm³/mol. The van der Waals surface area contributed by atoms with E-state index < -0.39 is 17.8 Å². The van der Waals surface area contributed by atoms with Crippen LogP contribution in [0.4, 0.5) is 10.5 Å². The van der Waals surface area contributed by atoms with Crippen molar-refractivity contribution in [2.24, 2.45) is 0 Å². The number of carbonyl (C=O) groups is 3. The number of imide groups is 2. The van der Waals surface area contributed by atoms with Crippen molar-refractivity contribution >= 4 is 67.9 Å². The number of ether oxygens (including phenoxy) is 1. The summed E-state index contributed by atoms with van der Waals surface area (Å²) < 4.78 is 6.94. The molecule has 0 bridgehead atoms. The van der Waals surface area contributed by atoms with E-state index in [1.165, 1.54) is 6.08 Å². The van der Waals surface area contributed by atoms with Gasteiger partial charge in [0.1, 0.15) is 17.9 Å². The van der Waals surface area contributed by atoms with Gasteiger partial charge in [-0.3, -0.25) is 14.9 Å². The van der Waals surface area contributed by atoms with Gasteiger partial charge in [0, 0.05) is 15.1 Å². The topological polar surface area (TPSA) is 75.7 Å². The molecule has 4 amide bonds. The number of amides is 4. The van der Waals surface area contributed by atoms with Crippen molar-refractivity contribution in [3.8, 4) is 5.75 Å². The third kappa shape index (κ3) is 5.01. The number of fused-ring (bicyclic) bond motifs is 1. The van der Waals surface area contributed by atoms with E-state index in [-0.39, 0.29) is 12.2 Å². The van der Waals surface area contributed by atoms with Crippen LogP contribution in [-0.2, 0) is 16.2 Å². The predicted octanol–water partition coefficient (Wildman–Crippen LogP) is 6.81. The molecular weight excluding hydrogens is 556 g/mol. The van der Waals surface area contributed by atoms with Crippen LogP contribution < -0.4 is 15.0 Å². The molecule has 8 heteroatoms. The van der Waals surface area contributed by atoms with E-state index in [1.807, 2.05) is 42.5 Å². The molecule has 0 aromatic heterocycles. The van der Waals surface area contributed by atoms with Crippen LogP contribution in [0, 0.1) is 6.92 Å². The van der Waals surface area contributed by atoms with Gasteiger partial charge in [-0.2, -0.15) is 0 Å². The number of benzene rings is 4. The molecule has 1 N–H and O–H groups in total. The van der Waals surface area contributed by atoms with Gasteiger partial charge in [-0.1, -0.05) is 70.0 Å². The summed E-state index contributed by atoms with van der Waals surface area (Å²) in [6, 6.07) is 23.0. The molecule has 1 saturated heterocycles. The van der Waals surface area contributed by atoms with Crippen molar-refractivity contribution in [2.75, 3.05) is 4.90 Å². The molecule has 0 unspecified atom stereocenters. The van der Waals surface area contributed by atoms with E-state index in [0.29, 0.717) is 27.6 Å². The van der Waals surface area contributed by atoms with Gasteiger partial charge in [0.2, 0.25) is 0 Å². The lowest BCUT2D eigenvalue weighted by molar-refractivity contribution is -0.122. The number of nitrogens with zero attached hydrogens (tertiary/aromatic N) is 1. The Morgan fingerprint density at radius 2 is 1.73 bits per heavy atom. The smallest absolute Gasteiger partial charge is 0.335 e. The van der Waals surface area contributed by atoms with Gasteiger partial charge in [-0.15, -0.1) is 0 Å². The Labute approximate surface area is 226 Å². The molecule has 0 aliphatic carbocycles. The summed E-state index contributed by atoms with van der Waals surface area (Å²) in [7, 11) is 0. The van der Waals surface area contributed by atoms with E-state index in [1.54, 1.807) is 43.3 Å². The van der Waals surface area contributed by atoms with Crippen molar-refractivity contribution in [3.05, 3.63) is 111 Å². The van der Waals surface area contributed by atoms with Gasteiger partial charge < -0.3 is 4.74 Å². The van der Waals surface area contributed by atoms with Crippen molar-refractivity contribution in [1.29, 1.82) is 0 Å². The van der Waals surface area contributed by atoms with Gasteiger partial charge in [0.05, 0.1) is 5.69 Å². The van der Waals surface area contributed by atoms with Crippen molar-refractivity contribution in [2.45, 2.75) is 13.5 Å². The van der Waals surface area contributed by atoms with Crippen LogP contribution in [0.3, 0.4) is 0 Å². The van der Waals surface area contributed by atoms with Crippen LogP contribution in [0.1, 0.15) is 16.7 Å². The third-order valence-corrected chi connectivity index (χ3v) is 6.77. The van der Waals surface area contributed by atoms with E-state index in [2.05, 4.69) is 21.2 Å². The average Bonchev–Trinajstić information content (AvgIpc) is 2.87. The Bertz CT molecular complexity index is 1600. The lowest BCUT2D eigenvalue weighted by Gasteiger charge is -2.27. The van der Waals surface area contributed by atoms with Crippen LogP contribution in [0.5, 0.6) is 5.75 Å². The zero-order valence-corrected chi connectivity index (χ0v) is 22.0. The number of nitrogens with one attached hydrogen (secondary N) is 1. The number of rotatable bonds is 5. The van der Waals surface area contributed by atoms with Gasteiger partial charge >= 0.3 is 6.03 Å². The Balaban J connectivity index is 1.58. The molecular formula is C29H20BrClN2O4. The normalized spacial score (nSPS) is 14.8. The van der Waals surface area contributed by atoms with Crippen LogP contribution in [-0.4, -0.2) is 17.8 Å². The minimum atomic E-state index is -0.797. The molecule has 1 fully saturated rings. The quantitative estimate of drug-likeness (QED) is 0.210. The summed E-state index contributed by atoms with van der Waals surface area (Å²) in [5, 5.41) is 4.63. The summed E-state index contributed by atoms with van der Waals surface area (Å²) in [4.78, 5) is 40.1. The zero-order chi connectivity index (χ0) is 26.1. The van der Waals surface area contributed by atoms with Crippen LogP contribution in [0.2, 0.25) is 5.02 Å². The van der Waals surface area contributed by atoms with Gasteiger partial charge in [-0.05, 0) is 71.3 Å². The minimum Gasteiger partial charge on any atom is -0.488 e. The fraction of sp³-hybridized carbons (Fsp3) is 0.0690. The maximum Gasteiger partial charge on any atom is 0.335 e. The molecule has 0 saturated carbocycles. The molecule has 0 radical (unpaired) electrons. The molecule has 0 atom stereocenters. The maximum atomic E-state index is 13.6. The molecule has 1 heterocycles. The standard InChI is InChI=1S/C29H20BrClN2O4/c1-17-14-20(30)9-12-25(17)33-28(35)24(27(34)32-29(33)36)15-23-22-5-3-2-4-19(22)8-13-26(23)37-16-18-6-10-21(31)11-7-18/h2-15H,16H2,1H3,(H,32,34,36)/b24-15-. The Morgan fingerprint density at radius 1 is 0.973 bits per heavy atom. The molecule has 5 rings (SSSR count). The van der Waals surface area contributed by atoms with E-state index >= 15 is 0 Å². The second kappa shape index (κ2) is 10.2. The van der Waals surface area contributed by atoms with Crippen molar-refractivity contribution in [1.82, 2.24) is 5.32 Å². The van der Waals surface area contributed by atoms with Crippen molar-refractivity contribution < 1.29 is 19.1 Å². The number of anilines is 1. The fourth-order valence-electron chi connectivity index (χ4n) is 4.18. The molecule has 4 aromatic carbocycles. The number of hydrogen-bond donors (Lipinski definition) is 1. The van der Waals surface area contributed by atoms with Crippen LogP contribution >= 0.6 is 27.5 Å². The fourth-order valence-corrected chi connectivity index (χ4v) is 4.78. The molecule has 1 aliphatic heterocycles. The number of carbonyl (C=O) groups excluding carboxylic acids is 3. The monoisotopic (exact) mass is 574 g/mol. The third-order valence-electron chi connectivity index (χ3n) is 6.03. The molecule has 1 aliphatic rings. The first-order valence-electron chi connectivity index (χ1n) is 11.4. The SMILES string of the molecule is Cc1cc(Br)ccc1N1C(=O)NC(=O)/C(=C/c2c(OCc3ccc(Cl)cc3)ccc3ccccc23)C1=O. The van der Waals surface area contributed by atoms with Gasteiger partial charge in [-0.25, -0.2) is 9.69 Å². The van der Waals surface area contributed by atoms with Gasteiger partial charge in [0.15, 0.2) is 0 Å². The average molecular weight is 576 g/mol. The van der Waals surface area contributed by atoms with Crippen LogP contribution in [0.25, 0.3) is 16.8 Å².